The topological polar surface area (TPSA) is 42.7 Å². The van der Waals surface area contributed by atoms with Gasteiger partial charge in [0.15, 0.2) is 0 Å². The maximum atomic E-state index is 12.6. The van der Waals surface area contributed by atoms with Crippen LogP contribution in [0.2, 0.25) is 0 Å². The first kappa shape index (κ1) is 20.1. The van der Waals surface area contributed by atoms with Gasteiger partial charge in [0.2, 0.25) is 11.2 Å². The zero-order valence-corrected chi connectivity index (χ0v) is 16.3. The van der Waals surface area contributed by atoms with E-state index < -0.39 is 11.7 Å². The molecule has 1 aromatic heterocycles. The van der Waals surface area contributed by atoms with Crippen LogP contribution < -0.4 is 15.1 Å². The Morgan fingerprint density at radius 3 is 2.57 bits per heavy atom. The summed E-state index contributed by atoms with van der Waals surface area (Å²) in [5.41, 5.74) is 1.87. The summed E-state index contributed by atoms with van der Waals surface area (Å²) in [5.74, 6) is 0.541. The largest absolute Gasteiger partial charge is 0.482 e. The predicted molar refractivity (Wildman–Crippen MR) is 107 cm³/mol. The van der Waals surface area contributed by atoms with E-state index in [1.807, 2.05) is 12.1 Å². The van der Waals surface area contributed by atoms with Crippen molar-refractivity contribution >= 4 is 5.69 Å². The number of benzene rings is 2. The van der Waals surface area contributed by atoms with Crippen LogP contribution in [0.3, 0.4) is 0 Å². The molecule has 4 nitrogen and oxygen atoms in total. The highest BCUT2D eigenvalue weighted by atomic mass is 19.4. The number of nitrogens with zero attached hydrogens (tertiary/aromatic N) is 1. The van der Waals surface area contributed by atoms with Crippen molar-refractivity contribution in [3.63, 3.8) is 0 Å². The lowest BCUT2D eigenvalue weighted by Crippen LogP contribution is -2.29. The molecule has 4 rings (SSSR count). The quantitative estimate of drug-likeness (QED) is 0.575. The first-order valence-electron chi connectivity index (χ1n) is 9.56. The number of rotatable bonds is 5. The lowest BCUT2D eigenvalue weighted by molar-refractivity contribution is -0.137. The molecule has 1 aliphatic heterocycles. The molecule has 0 aliphatic carbocycles. The number of halogens is 3. The second-order valence-electron chi connectivity index (χ2n) is 7.37. The first-order chi connectivity index (χ1) is 14.3. The molecule has 0 unspecified atom stereocenters. The van der Waals surface area contributed by atoms with E-state index in [1.54, 1.807) is 0 Å². The second-order valence-corrected chi connectivity index (χ2v) is 7.37. The fourth-order valence-corrected chi connectivity index (χ4v) is 3.62. The van der Waals surface area contributed by atoms with E-state index in [0.717, 1.165) is 24.2 Å². The van der Waals surface area contributed by atoms with Gasteiger partial charge < -0.3 is 14.1 Å². The highest BCUT2D eigenvalue weighted by molar-refractivity contribution is 5.59. The Hall–Kier alpha value is -3.22. The second kappa shape index (κ2) is 7.89. The van der Waals surface area contributed by atoms with Crippen LogP contribution in [0.4, 0.5) is 18.9 Å². The summed E-state index contributed by atoms with van der Waals surface area (Å²) in [6, 6.07) is 14.5. The molecule has 0 saturated carbocycles. The van der Waals surface area contributed by atoms with Crippen molar-refractivity contribution in [1.29, 1.82) is 0 Å². The summed E-state index contributed by atoms with van der Waals surface area (Å²) in [5, 5.41) is 0. The Morgan fingerprint density at radius 1 is 1.13 bits per heavy atom. The van der Waals surface area contributed by atoms with Crippen LogP contribution >= 0.6 is 0 Å². The van der Waals surface area contributed by atoms with E-state index in [1.165, 1.54) is 30.0 Å². The van der Waals surface area contributed by atoms with Gasteiger partial charge in [0.1, 0.15) is 18.6 Å². The molecule has 1 atom stereocenters. The third-order valence-corrected chi connectivity index (χ3v) is 5.20. The zero-order valence-electron chi connectivity index (χ0n) is 16.3. The fourth-order valence-electron chi connectivity index (χ4n) is 3.62. The van der Waals surface area contributed by atoms with Gasteiger partial charge >= 0.3 is 6.18 Å². The number of alkyl halides is 3. The minimum atomic E-state index is -4.39. The van der Waals surface area contributed by atoms with E-state index in [0.29, 0.717) is 23.9 Å². The molecule has 1 aliphatic rings. The zero-order chi connectivity index (χ0) is 21.3. The van der Waals surface area contributed by atoms with Gasteiger partial charge in [-0.1, -0.05) is 30.3 Å². The lowest BCUT2D eigenvalue weighted by atomic mass is 10.1. The molecule has 0 fully saturated rings. The summed E-state index contributed by atoms with van der Waals surface area (Å²) < 4.78 is 48.9. The average Bonchev–Trinajstić information content (AvgIpc) is 3.02. The van der Waals surface area contributed by atoms with Crippen molar-refractivity contribution in [2.45, 2.75) is 38.7 Å². The van der Waals surface area contributed by atoms with Crippen molar-refractivity contribution in [3.8, 4) is 5.75 Å². The van der Waals surface area contributed by atoms with Crippen molar-refractivity contribution in [2.75, 3.05) is 4.90 Å². The Labute approximate surface area is 171 Å². The fraction of sp³-hybridized carbons (Fsp3) is 0.261. The van der Waals surface area contributed by atoms with Gasteiger partial charge in [-0.25, -0.2) is 0 Å². The molecular formula is C23H20F3NO3. The summed E-state index contributed by atoms with van der Waals surface area (Å²) in [4.78, 5) is 14.6. The molecule has 3 aromatic rings. The lowest BCUT2D eigenvalue weighted by Gasteiger charge is -2.24. The number of para-hydroxylation sites is 1. The van der Waals surface area contributed by atoms with Crippen molar-refractivity contribution in [3.05, 3.63) is 93.5 Å². The maximum absolute atomic E-state index is 12.6. The van der Waals surface area contributed by atoms with Gasteiger partial charge in [-0.3, -0.25) is 4.79 Å². The van der Waals surface area contributed by atoms with E-state index in [9.17, 15) is 18.0 Å². The number of hydrogen-bond acceptors (Lipinski definition) is 4. The van der Waals surface area contributed by atoms with E-state index in [4.69, 9.17) is 9.15 Å². The summed E-state index contributed by atoms with van der Waals surface area (Å²) >= 11 is 0. The van der Waals surface area contributed by atoms with Crippen LogP contribution in [0.5, 0.6) is 5.75 Å². The standard InChI is InChI=1S/C23H20F3NO3/c1-15-10-17-4-2-3-5-20(17)27(15)12-19-11-21(28)22(14-29-19)30-13-16-6-8-18(9-7-16)23(24,25)26/h2-9,11,14-15H,10,12-13H2,1H3/t15-/m0/s1. The van der Waals surface area contributed by atoms with Crippen LogP contribution in [0.15, 0.2) is 70.1 Å². The molecule has 2 heterocycles. The molecule has 156 valence electrons. The molecule has 0 saturated heterocycles. The van der Waals surface area contributed by atoms with Gasteiger partial charge in [0.25, 0.3) is 0 Å². The van der Waals surface area contributed by atoms with Gasteiger partial charge in [0, 0.05) is 17.8 Å². The van der Waals surface area contributed by atoms with Crippen molar-refractivity contribution < 1.29 is 22.3 Å². The van der Waals surface area contributed by atoms with Gasteiger partial charge in [-0.2, -0.15) is 13.2 Å². The number of hydrogen-bond donors (Lipinski definition) is 0. The Kier molecular flexibility index (Phi) is 5.28. The SMILES string of the molecule is C[C@H]1Cc2ccccc2N1Cc1cc(=O)c(OCc2ccc(C(F)(F)F)cc2)co1. The Bertz CT molecular complexity index is 1090. The third-order valence-electron chi connectivity index (χ3n) is 5.20. The molecule has 0 amide bonds. The van der Waals surface area contributed by atoms with Crippen LogP contribution in [-0.4, -0.2) is 6.04 Å². The maximum Gasteiger partial charge on any atom is 0.416 e. The first-order valence-corrected chi connectivity index (χ1v) is 9.56. The molecule has 2 aromatic carbocycles. The van der Waals surface area contributed by atoms with E-state index >= 15 is 0 Å². The number of ether oxygens (including phenoxy) is 1. The monoisotopic (exact) mass is 415 g/mol. The Morgan fingerprint density at radius 2 is 1.87 bits per heavy atom. The smallest absolute Gasteiger partial charge is 0.416 e. The van der Waals surface area contributed by atoms with E-state index in [2.05, 4.69) is 24.0 Å². The minimum Gasteiger partial charge on any atom is -0.482 e. The van der Waals surface area contributed by atoms with Crippen LogP contribution in [0, 0.1) is 0 Å². The minimum absolute atomic E-state index is 0.0218. The molecular weight excluding hydrogens is 395 g/mol. The third kappa shape index (κ3) is 4.20. The summed E-state index contributed by atoms with van der Waals surface area (Å²) in [6.07, 6.45) is -2.19. The highest BCUT2D eigenvalue weighted by Crippen LogP contribution is 2.33. The van der Waals surface area contributed by atoms with Crippen LogP contribution in [0.1, 0.15) is 29.4 Å². The number of fused-ring (bicyclic) bond motifs is 1. The molecule has 30 heavy (non-hydrogen) atoms. The van der Waals surface area contributed by atoms with Gasteiger partial charge in [0.05, 0.1) is 12.1 Å². The molecule has 0 spiro atoms. The van der Waals surface area contributed by atoms with Gasteiger partial charge in [-0.15, -0.1) is 0 Å². The molecule has 7 heteroatoms. The highest BCUT2D eigenvalue weighted by Gasteiger charge is 2.30. The molecule has 0 radical (unpaired) electrons. The van der Waals surface area contributed by atoms with Crippen LogP contribution in [0.25, 0.3) is 0 Å². The number of anilines is 1. The summed E-state index contributed by atoms with van der Waals surface area (Å²) in [7, 11) is 0. The average molecular weight is 415 g/mol. The molecule has 0 bridgehead atoms. The summed E-state index contributed by atoms with van der Waals surface area (Å²) in [6.45, 7) is 2.56. The normalized spacial score (nSPS) is 15.9. The van der Waals surface area contributed by atoms with Crippen molar-refractivity contribution in [1.82, 2.24) is 0 Å². The van der Waals surface area contributed by atoms with Crippen LogP contribution in [-0.2, 0) is 25.7 Å². The molecule has 0 N–H and O–H groups in total. The predicted octanol–water partition coefficient (Wildman–Crippen LogP) is 5.19. The van der Waals surface area contributed by atoms with Crippen molar-refractivity contribution in [2.24, 2.45) is 0 Å². The Balaban J connectivity index is 1.42. The van der Waals surface area contributed by atoms with Gasteiger partial charge in [-0.05, 0) is 42.7 Å². The van der Waals surface area contributed by atoms with E-state index in [-0.39, 0.29) is 17.8 Å².